The molecule has 0 spiro atoms. The lowest BCUT2D eigenvalue weighted by atomic mass is 10.1. The Balaban J connectivity index is 2.25. The summed E-state index contributed by atoms with van der Waals surface area (Å²) in [5.74, 6) is 0.972. The summed E-state index contributed by atoms with van der Waals surface area (Å²) in [6.45, 7) is 5.00. The molecular formula is C13H19NOS. The van der Waals surface area contributed by atoms with Gasteiger partial charge in [-0.1, -0.05) is 0 Å². The van der Waals surface area contributed by atoms with Crippen LogP contribution >= 0.6 is 11.8 Å². The standard InChI is InChI=1S/C13H19NOS/c1-9-7-12(10(2)6-11(9)15-3)16-13(8-14)4-5-13/h6-7H,4-5,8,14H2,1-3H3. The van der Waals surface area contributed by atoms with Crippen LogP contribution in [0, 0.1) is 13.8 Å². The molecule has 1 aliphatic rings. The van der Waals surface area contributed by atoms with Crippen LogP contribution in [-0.2, 0) is 0 Å². The first-order valence-electron chi connectivity index (χ1n) is 5.64. The summed E-state index contributed by atoms with van der Waals surface area (Å²) in [7, 11) is 1.72. The van der Waals surface area contributed by atoms with Crippen LogP contribution in [0.25, 0.3) is 0 Å². The smallest absolute Gasteiger partial charge is 0.122 e. The highest BCUT2D eigenvalue weighted by molar-refractivity contribution is 8.01. The second-order valence-corrected chi connectivity index (χ2v) is 6.09. The van der Waals surface area contributed by atoms with Gasteiger partial charge in [-0.05, 0) is 49.9 Å². The maximum Gasteiger partial charge on any atom is 0.122 e. The summed E-state index contributed by atoms with van der Waals surface area (Å²) in [6.07, 6.45) is 2.50. The van der Waals surface area contributed by atoms with E-state index in [4.69, 9.17) is 10.5 Å². The van der Waals surface area contributed by atoms with Crippen molar-refractivity contribution in [2.75, 3.05) is 13.7 Å². The van der Waals surface area contributed by atoms with E-state index in [0.717, 1.165) is 12.3 Å². The lowest BCUT2D eigenvalue weighted by Gasteiger charge is -2.16. The van der Waals surface area contributed by atoms with Crippen LogP contribution in [0.3, 0.4) is 0 Å². The first-order chi connectivity index (χ1) is 7.60. The van der Waals surface area contributed by atoms with Crippen molar-refractivity contribution in [3.05, 3.63) is 23.3 Å². The van der Waals surface area contributed by atoms with E-state index >= 15 is 0 Å². The first kappa shape index (κ1) is 11.8. The van der Waals surface area contributed by atoms with Crippen molar-refractivity contribution in [2.45, 2.75) is 36.3 Å². The van der Waals surface area contributed by atoms with Gasteiger partial charge >= 0.3 is 0 Å². The molecule has 1 saturated carbocycles. The lowest BCUT2D eigenvalue weighted by Crippen LogP contribution is -2.17. The van der Waals surface area contributed by atoms with Gasteiger partial charge in [0.05, 0.1) is 7.11 Å². The van der Waals surface area contributed by atoms with Crippen LogP contribution in [0.15, 0.2) is 17.0 Å². The van der Waals surface area contributed by atoms with E-state index in [9.17, 15) is 0 Å². The molecule has 0 unspecified atom stereocenters. The number of hydrogen-bond donors (Lipinski definition) is 1. The number of methoxy groups -OCH3 is 1. The fraction of sp³-hybridized carbons (Fsp3) is 0.538. The van der Waals surface area contributed by atoms with Gasteiger partial charge in [-0.2, -0.15) is 0 Å². The predicted octanol–water partition coefficient (Wildman–Crippen LogP) is 2.90. The van der Waals surface area contributed by atoms with Crippen LogP contribution in [-0.4, -0.2) is 18.4 Å². The topological polar surface area (TPSA) is 35.2 Å². The zero-order chi connectivity index (χ0) is 11.8. The minimum Gasteiger partial charge on any atom is -0.496 e. The zero-order valence-corrected chi connectivity index (χ0v) is 11.0. The highest BCUT2D eigenvalue weighted by Gasteiger charge is 2.42. The summed E-state index contributed by atoms with van der Waals surface area (Å²) < 4.78 is 5.64. The van der Waals surface area contributed by atoms with Crippen LogP contribution in [0.2, 0.25) is 0 Å². The number of hydrogen-bond acceptors (Lipinski definition) is 3. The molecule has 0 radical (unpaired) electrons. The maximum atomic E-state index is 5.82. The van der Waals surface area contributed by atoms with Gasteiger partial charge < -0.3 is 10.5 Å². The second kappa shape index (κ2) is 4.30. The third-order valence-electron chi connectivity index (χ3n) is 3.20. The molecule has 88 valence electrons. The largest absolute Gasteiger partial charge is 0.496 e. The maximum absolute atomic E-state index is 5.82. The average Bonchev–Trinajstić information content (AvgIpc) is 3.03. The monoisotopic (exact) mass is 237 g/mol. The normalized spacial score (nSPS) is 17.2. The minimum absolute atomic E-state index is 0.325. The number of ether oxygens (including phenoxy) is 1. The molecule has 0 amide bonds. The molecule has 0 bridgehead atoms. The average molecular weight is 237 g/mol. The summed E-state index contributed by atoms with van der Waals surface area (Å²) in [6, 6.07) is 4.33. The molecule has 0 aliphatic heterocycles. The van der Waals surface area contributed by atoms with Crippen LogP contribution < -0.4 is 10.5 Å². The highest BCUT2D eigenvalue weighted by Crippen LogP contribution is 2.52. The zero-order valence-electron chi connectivity index (χ0n) is 10.2. The molecule has 2 rings (SSSR count). The number of benzene rings is 1. The molecule has 2 N–H and O–H groups in total. The Labute approximate surface area is 102 Å². The number of rotatable bonds is 4. The molecule has 1 fully saturated rings. The fourth-order valence-electron chi connectivity index (χ4n) is 1.81. The third-order valence-corrected chi connectivity index (χ3v) is 4.87. The van der Waals surface area contributed by atoms with Crippen molar-refractivity contribution >= 4 is 11.8 Å². The third kappa shape index (κ3) is 2.20. The number of thioether (sulfide) groups is 1. The Morgan fingerprint density at radius 2 is 2.00 bits per heavy atom. The van der Waals surface area contributed by atoms with Crippen molar-refractivity contribution < 1.29 is 4.74 Å². The molecule has 0 heterocycles. The fourth-order valence-corrected chi connectivity index (χ4v) is 3.13. The lowest BCUT2D eigenvalue weighted by molar-refractivity contribution is 0.411. The van der Waals surface area contributed by atoms with Crippen molar-refractivity contribution in [2.24, 2.45) is 5.73 Å². The number of aryl methyl sites for hydroxylation is 2. The van der Waals surface area contributed by atoms with Crippen LogP contribution in [0.4, 0.5) is 0 Å². The van der Waals surface area contributed by atoms with Gasteiger partial charge in [0.2, 0.25) is 0 Å². The Morgan fingerprint density at radius 1 is 1.31 bits per heavy atom. The van der Waals surface area contributed by atoms with Crippen LogP contribution in [0.1, 0.15) is 24.0 Å². The van der Waals surface area contributed by atoms with Gasteiger partial charge in [0.15, 0.2) is 0 Å². The van der Waals surface area contributed by atoms with Gasteiger partial charge in [0.25, 0.3) is 0 Å². The molecule has 1 aromatic rings. The van der Waals surface area contributed by atoms with E-state index in [0.29, 0.717) is 4.75 Å². The van der Waals surface area contributed by atoms with Crippen molar-refractivity contribution in [3.8, 4) is 5.75 Å². The molecule has 0 saturated heterocycles. The van der Waals surface area contributed by atoms with Crippen molar-refractivity contribution in [1.82, 2.24) is 0 Å². The molecule has 16 heavy (non-hydrogen) atoms. The predicted molar refractivity (Wildman–Crippen MR) is 69.3 cm³/mol. The van der Waals surface area contributed by atoms with Crippen molar-refractivity contribution in [1.29, 1.82) is 0 Å². The Kier molecular flexibility index (Phi) is 3.17. The van der Waals surface area contributed by atoms with Gasteiger partial charge in [-0.25, -0.2) is 0 Å². The van der Waals surface area contributed by atoms with Crippen molar-refractivity contribution in [3.63, 3.8) is 0 Å². The Hall–Kier alpha value is -0.670. The number of nitrogens with two attached hydrogens (primary N) is 1. The second-order valence-electron chi connectivity index (χ2n) is 4.58. The van der Waals surface area contributed by atoms with E-state index in [1.54, 1.807) is 7.11 Å². The van der Waals surface area contributed by atoms with Gasteiger partial charge in [0.1, 0.15) is 5.75 Å². The Bertz CT molecular complexity index is 399. The van der Waals surface area contributed by atoms with E-state index in [-0.39, 0.29) is 0 Å². The van der Waals surface area contributed by atoms with E-state index in [2.05, 4.69) is 26.0 Å². The van der Waals surface area contributed by atoms with Gasteiger partial charge in [-0.3, -0.25) is 0 Å². The van der Waals surface area contributed by atoms with Gasteiger partial charge in [0, 0.05) is 16.2 Å². The van der Waals surface area contributed by atoms with E-state index in [1.165, 1.54) is 28.9 Å². The molecular weight excluding hydrogens is 218 g/mol. The SMILES string of the molecule is COc1cc(C)c(SC2(CN)CC2)cc1C. The molecule has 0 atom stereocenters. The van der Waals surface area contributed by atoms with Gasteiger partial charge in [-0.15, -0.1) is 11.8 Å². The summed E-state index contributed by atoms with van der Waals surface area (Å²) in [5, 5.41) is 0. The summed E-state index contributed by atoms with van der Waals surface area (Å²) in [4.78, 5) is 1.35. The summed E-state index contributed by atoms with van der Waals surface area (Å²) in [5.41, 5.74) is 8.30. The van der Waals surface area contributed by atoms with E-state index < -0.39 is 0 Å². The quantitative estimate of drug-likeness (QED) is 0.874. The molecule has 0 aromatic heterocycles. The highest BCUT2D eigenvalue weighted by atomic mass is 32.2. The Morgan fingerprint density at radius 3 is 2.50 bits per heavy atom. The van der Waals surface area contributed by atoms with Crippen LogP contribution in [0.5, 0.6) is 5.75 Å². The molecule has 1 aromatic carbocycles. The van der Waals surface area contributed by atoms with E-state index in [1.807, 2.05) is 11.8 Å². The molecule has 1 aliphatic carbocycles. The minimum atomic E-state index is 0.325. The molecule has 2 nitrogen and oxygen atoms in total. The first-order valence-corrected chi connectivity index (χ1v) is 6.46. The summed E-state index contributed by atoms with van der Waals surface area (Å²) >= 11 is 1.94. The molecule has 3 heteroatoms.